The molecule has 0 aliphatic rings. The van der Waals surface area contributed by atoms with Crippen molar-refractivity contribution in [1.82, 2.24) is 4.98 Å². The van der Waals surface area contributed by atoms with Crippen LogP contribution in [0.4, 0.5) is 5.13 Å². The monoisotopic (exact) mass is 189 g/mol. The molecule has 0 aromatic carbocycles. The van der Waals surface area contributed by atoms with Crippen molar-refractivity contribution in [3.8, 4) is 0 Å². The summed E-state index contributed by atoms with van der Waals surface area (Å²) in [5.74, 6) is 0.691. The van der Waals surface area contributed by atoms with Gasteiger partial charge in [0, 0.05) is 11.1 Å². The normalized spacial score (nSPS) is 9.82. The number of aromatic nitrogens is 1. The second-order valence-corrected chi connectivity index (χ2v) is 3.81. The van der Waals surface area contributed by atoms with E-state index in [1.54, 1.807) is 0 Å². The van der Waals surface area contributed by atoms with Crippen LogP contribution in [0.5, 0.6) is 0 Å². The minimum atomic E-state index is 0.358. The van der Waals surface area contributed by atoms with E-state index < -0.39 is 0 Å². The van der Waals surface area contributed by atoms with Gasteiger partial charge in [-0.25, -0.2) is 4.98 Å². The number of nitrogens with two attached hydrogens (primary N) is 3. The van der Waals surface area contributed by atoms with Crippen LogP contribution < -0.4 is 16.9 Å². The maximum atomic E-state index is 5.41. The van der Waals surface area contributed by atoms with Gasteiger partial charge in [0.25, 0.3) is 5.17 Å². The molecule has 4 nitrogen and oxygen atoms in total. The number of thioether (sulfide) groups is 1. The van der Waals surface area contributed by atoms with E-state index in [9.17, 15) is 0 Å². The van der Waals surface area contributed by atoms with Crippen molar-refractivity contribution in [3.63, 3.8) is 0 Å². The Kier molecular flexibility index (Phi) is 2.72. The molecule has 0 bridgehead atoms. The standard InChI is InChI=1S/C5H8N4S2/c6-4(7)10-1-3-2-11-5(8)9-3/h2H,1H2,(H3,6,7)(H2,8,9)/p+1. The van der Waals surface area contributed by atoms with E-state index >= 15 is 0 Å². The molecule has 1 heterocycles. The third kappa shape index (κ3) is 2.77. The number of hydrogen-bond donors (Lipinski definition) is 3. The van der Waals surface area contributed by atoms with E-state index in [4.69, 9.17) is 16.9 Å². The Bertz CT molecular complexity index is 257. The molecule has 0 atom stereocenters. The Morgan fingerprint density at radius 2 is 2.55 bits per heavy atom. The van der Waals surface area contributed by atoms with Gasteiger partial charge in [-0.15, -0.1) is 11.3 Å². The van der Waals surface area contributed by atoms with Crippen LogP contribution in [0, 0.1) is 0 Å². The number of anilines is 1. The van der Waals surface area contributed by atoms with Gasteiger partial charge in [-0.05, 0) is 11.8 Å². The second-order valence-electron chi connectivity index (χ2n) is 1.87. The maximum absolute atomic E-state index is 5.41. The quantitative estimate of drug-likeness (QED) is 0.412. The summed E-state index contributed by atoms with van der Waals surface area (Å²) in [7, 11) is 0. The van der Waals surface area contributed by atoms with Gasteiger partial charge in [-0.1, -0.05) is 0 Å². The first-order valence-electron chi connectivity index (χ1n) is 2.89. The number of thiazole rings is 1. The van der Waals surface area contributed by atoms with Crippen LogP contribution in [0.1, 0.15) is 5.69 Å². The lowest BCUT2D eigenvalue weighted by atomic mass is 10.6. The van der Waals surface area contributed by atoms with Crippen molar-refractivity contribution in [2.45, 2.75) is 5.75 Å². The van der Waals surface area contributed by atoms with Gasteiger partial charge in [0.1, 0.15) is 0 Å². The Balaban J connectivity index is 2.45. The molecule has 6 N–H and O–H groups in total. The van der Waals surface area contributed by atoms with Crippen LogP contribution in [0.25, 0.3) is 0 Å². The van der Waals surface area contributed by atoms with E-state index in [2.05, 4.69) is 4.98 Å². The van der Waals surface area contributed by atoms with Crippen molar-refractivity contribution in [3.05, 3.63) is 11.1 Å². The molecule has 6 heteroatoms. The molecule has 1 aromatic rings. The van der Waals surface area contributed by atoms with Crippen molar-refractivity contribution in [2.24, 2.45) is 5.73 Å². The molecule has 1 aromatic heterocycles. The zero-order valence-corrected chi connectivity index (χ0v) is 7.41. The fraction of sp³-hybridized carbons (Fsp3) is 0.200. The van der Waals surface area contributed by atoms with Crippen LogP contribution in [0.3, 0.4) is 0 Å². The number of hydrogen-bond acceptors (Lipinski definition) is 4. The summed E-state index contributed by atoms with van der Waals surface area (Å²) in [6.07, 6.45) is 0. The lowest BCUT2D eigenvalue weighted by Gasteiger charge is -1.88. The van der Waals surface area contributed by atoms with Crippen LogP contribution in [-0.2, 0) is 5.75 Å². The lowest BCUT2D eigenvalue weighted by Crippen LogP contribution is -2.43. The van der Waals surface area contributed by atoms with Crippen molar-refractivity contribution in [1.29, 1.82) is 0 Å². The molecule has 0 unspecified atom stereocenters. The molecule has 0 fully saturated rings. The zero-order chi connectivity index (χ0) is 8.27. The van der Waals surface area contributed by atoms with E-state index in [0.29, 0.717) is 16.1 Å². The number of amidine groups is 1. The van der Waals surface area contributed by atoms with Gasteiger partial charge in [-0.3, -0.25) is 11.1 Å². The first kappa shape index (κ1) is 8.35. The molecule has 0 aliphatic carbocycles. The van der Waals surface area contributed by atoms with Crippen molar-refractivity contribution >= 4 is 33.4 Å². The van der Waals surface area contributed by atoms with Gasteiger partial charge in [0.05, 0.1) is 5.69 Å². The third-order valence-electron chi connectivity index (χ3n) is 0.956. The molecule has 0 amide bonds. The van der Waals surface area contributed by atoms with Crippen LogP contribution >= 0.6 is 23.1 Å². The molecule has 11 heavy (non-hydrogen) atoms. The SMILES string of the molecule is NC(=[NH2+])SCc1csc(N)n1. The number of nitrogen functional groups attached to an aromatic ring is 1. The van der Waals surface area contributed by atoms with E-state index in [1.807, 2.05) is 5.38 Å². The summed E-state index contributed by atoms with van der Waals surface area (Å²) in [6.45, 7) is 0. The van der Waals surface area contributed by atoms with E-state index in [0.717, 1.165) is 5.69 Å². The van der Waals surface area contributed by atoms with Crippen LogP contribution in [-0.4, -0.2) is 10.2 Å². The summed E-state index contributed by atoms with van der Waals surface area (Å²) in [4.78, 5) is 4.03. The molecule has 0 saturated heterocycles. The highest BCUT2D eigenvalue weighted by molar-refractivity contribution is 8.12. The Morgan fingerprint density at radius 3 is 3.00 bits per heavy atom. The van der Waals surface area contributed by atoms with Gasteiger partial charge < -0.3 is 5.73 Å². The highest BCUT2D eigenvalue weighted by atomic mass is 32.2. The maximum Gasteiger partial charge on any atom is 0.300 e. The van der Waals surface area contributed by atoms with Crippen LogP contribution in [0.15, 0.2) is 5.38 Å². The largest absolute Gasteiger partial charge is 0.375 e. The van der Waals surface area contributed by atoms with Crippen LogP contribution in [0.2, 0.25) is 0 Å². The predicted molar refractivity (Wildman–Crippen MR) is 48.9 cm³/mol. The van der Waals surface area contributed by atoms with Gasteiger partial charge in [0.2, 0.25) is 0 Å². The molecule has 1 rings (SSSR count). The van der Waals surface area contributed by atoms with Crippen molar-refractivity contribution in [2.75, 3.05) is 5.73 Å². The second kappa shape index (κ2) is 3.59. The smallest absolute Gasteiger partial charge is 0.300 e. The summed E-state index contributed by atoms with van der Waals surface area (Å²) in [5.41, 5.74) is 11.6. The molecular weight excluding hydrogens is 180 g/mol. The minimum Gasteiger partial charge on any atom is -0.375 e. The highest BCUT2D eigenvalue weighted by Crippen LogP contribution is 2.15. The van der Waals surface area contributed by atoms with Crippen molar-refractivity contribution < 1.29 is 5.41 Å². The lowest BCUT2D eigenvalue weighted by molar-refractivity contribution is -0.110. The van der Waals surface area contributed by atoms with E-state index in [1.165, 1.54) is 23.1 Å². The Labute approximate surface area is 72.5 Å². The first-order chi connectivity index (χ1) is 5.18. The molecule has 0 saturated carbocycles. The topological polar surface area (TPSA) is 90.5 Å². The predicted octanol–water partition coefficient (Wildman–Crippen LogP) is -0.968. The fourth-order valence-electron chi connectivity index (χ4n) is 0.546. The zero-order valence-electron chi connectivity index (χ0n) is 5.78. The number of rotatable bonds is 2. The molecule has 0 radical (unpaired) electrons. The highest BCUT2D eigenvalue weighted by Gasteiger charge is 2.01. The molecular formula is C5H9N4S2+. The van der Waals surface area contributed by atoms with Gasteiger partial charge in [-0.2, -0.15) is 0 Å². The summed E-state index contributed by atoms with van der Waals surface area (Å²) in [6, 6.07) is 0. The minimum absolute atomic E-state index is 0.358. The molecule has 0 aliphatic heterocycles. The average Bonchev–Trinajstić information content (AvgIpc) is 2.31. The summed E-state index contributed by atoms with van der Waals surface area (Å²) < 4.78 is 0. The average molecular weight is 189 g/mol. The molecule has 60 valence electrons. The third-order valence-corrected chi connectivity index (χ3v) is 2.45. The summed E-state index contributed by atoms with van der Waals surface area (Å²) in [5, 5.41) is 8.08. The Morgan fingerprint density at radius 1 is 1.82 bits per heavy atom. The van der Waals surface area contributed by atoms with Gasteiger partial charge in [0.15, 0.2) is 5.13 Å². The fourth-order valence-corrected chi connectivity index (χ4v) is 1.68. The van der Waals surface area contributed by atoms with E-state index in [-0.39, 0.29) is 0 Å². The molecule has 0 spiro atoms. The first-order valence-corrected chi connectivity index (χ1v) is 4.75. The number of nitrogens with zero attached hydrogens (tertiary/aromatic N) is 1. The van der Waals surface area contributed by atoms with Gasteiger partial charge >= 0.3 is 0 Å². The Hall–Kier alpha value is -0.750. The summed E-state index contributed by atoms with van der Waals surface area (Å²) >= 11 is 2.78.